The molecule has 3 nitrogen and oxygen atoms in total. The summed E-state index contributed by atoms with van der Waals surface area (Å²) < 4.78 is 14.2. The van der Waals surface area contributed by atoms with Gasteiger partial charge in [-0.1, -0.05) is 74.5 Å². The van der Waals surface area contributed by atoms with Gasteiger partial charge in [0.2, 0.25) is 5.91 Å². The monoisotopic (exact) mass is 430 g/mol. The molecule has 1 amide bonds. The van der Waals surface area contributed by atoms with Crippen molar-refractivity contribution in [2.75, 3.05) is 11.4 Å². The molecule has 4 heteroatoms. The van der Waals surface area contributed by atoms with E-state index in [9.17, 15) is 9.18 Å². The van der Waals surface area contributed by atoms with Gasteiger partial charge in [-0.05, 0) is 54.0 Å². The minimum absolute atomic E-state index is 0.0186. The van der Waals surface area contributed by atoms with Crippen LogP contribution in [0.1, 0.15) is 38.2 Å². The summed E-state index contributed by atoms with van der Waals surface area (Å²) in [6.07, 6.45) is 1.72. The number of benzene rings is 3. The van der Waals surface area contributed by atoms with Crippen LogP contribution < -0.4 is 10.6 Å². The number of halogens is 1. The summed E-state index contributed by atoms with van der Waals surface area (Å²) in [7, 11) is 0. The second kappa shape index (κ2) is 9.66. The van der Waals surface area contributed by atoms with Gasteiger partial charge in [0.05, 0.1) is 0 Å². The van der Waals surface area contributed by atoms with Crippen molar-refractivity contribution in [2.45, 2.75) is 38.6 Å². The van der Waals surface area contributed by atoms with E-state index in [0.717, 1.165) is 24.1 Å². The third kappa shape index (κ3) is 5.08. The first-order valence-electron chi connectivity index (χ1n) is 11.4. The maximum Gasteiger partial charge on any atom is 0.230 e. The van der Waals surface area contributed by atoms with E-state index in [0.29, 0.717) is 18.0 Å². The summed E-state index contributed by atoms with van der Waals surface area (Å²) in [5.41, 5.74) is 9.79. The quantitative estimate of drug-likeness (QED) is 0.476. The average molecular weight is 431 g/mol. The Bertz CT molecular complexity index is 1050. The number of rotatable bonds is 8. The van der Waals surface area contributed by atoms with E-state index in [2.05, 4.69) is 26.0 Å². The topological polar surface area (TPSA) is 46.3 Å². The molecular weight excluding hydrogens is 399 g/mol. The molecule has 3 aromatic carbocycles. The smallest absolute Gasteiger partial charge is 0.230 e. The average Bonchev–Trinajstić information content (AvgIpc) is 3.59. The molecule has 4 rings (SSSR count). The lowest BCUT2D eigenvalue weighted by atomic mass is 10.0. The number of anilines is 1. The maximum absolute atomic E-state index is 14.2. The Kier molecular flexibility index (Phi) is 6.71. The zero-order valence-corrected chi connectivity index (χ0v) is 18.7. The van der Waals surface area contributed by atoms with E-state index in [1.165, 1.54) is 11.6 Å². The van der Waals surface area contributed by atoms with Crippen LogP contribution in [-0.4, -0.2) is 18.5 Å². The van der Waals surface area contributed by atoms with Crippen molar-refractivity contribution in [3.8, 4) is 11.1 Å². The molecule has 3 atom stereocenters. The van der Waals surface area contributed by atoms with Crippen LogP contribution in [0, 0.1) is 17.7 Å². The normalized spacial score (nSPS) is 18.4. The molecule has 2 N–H and O–H groups in total. The van der Waals surface area contributed by atoms with Crippen molar-refractivity contribution in [3.05, 3.63) is 90.2 Å². The van der Waals surface area contributed by atoms with Crippen molar-refractivity contribution >= 4 is 11.6 Å². The minimum atomic E-state index is -0.254. The molecule has 0 aromatic heterocycles. The van der Waals surface area contributed by atoms with Crippen molar-refractivity contribution in [1.82, 2.24) is 0 Å². The lowest BCUT2D eigenvalue weighted by Gasteiger charge is -2.27. The summed E-state index contributed by atoms with van der Waals surface area (Å²) in [5, 5.41) is 0. The minimum Gasteiger partial charge on any atom is -0.326 e. The fraction of sp³-hybridized carbons (Fsp3) is 0.321. The summed E-state index contributed by atoms with van der Waals surface area (Å²) in [4.78, 5) is 15.4. The Morgan fingerprint density at radius 2 is 1.66 bits per heavy atom. The predicted octanol–water partition coefficient (Wildman–Crippen LogP) is 6.00. The molecule has 1 fully saturated rings. The molecule has 0 spiro atoms. The van der Waals surface area contributed by atoms with Gasteiger partial charge in [-0.2, -0.15) is 0 Å². The fourth-order valence-electron chi connectivity index (χ4n) is 4.49. The number of nitrogens with zero attached hydrogens (tertiary/aromatic N) is 1. The predicted molar refractivity (Wildman–Crippen MR) is 129 cm³/mol. The molecule has 1 aliphatic rings. The summed E-state index contributed by atoms with van der Waals surface area (Å²) in [6.45, 7) is 4.76. The molecule has 0 unspecified atom stereocenters. The summed E-state index contributed by atoms with van der Waals surface area (Å²) in [5.74, 6) is 0.580. The van der Waals surface area contributed by atoms with Crippen molar-refractivity contribution in [1.29, 1.82) is 0 Å². The maximum atomic E-state index is 14.2. The fourth-order valence-corrected chi connectivity index (χ4v) is 4.49. The third-order valence-electron chi connectivity index (χ3n) is 6.16. The van der Waals surface area contributed by atoms with Gasteiger partial charge in [-0.15, -0.1) is 0 Å². The van der Waals surface area contributed by atoms with Crippen molar-refractivity contribution < 1.29 is 9.18 Å². The Balaban J connectivity index is 1.57. The molecule has 1 aliphatic carbocycles. The molecule has 32 heavy (non-hydrogen) atoms. The summed E-state index contributed by atoms with van der Waals surface area (Å²) in [6, 6.07) is 24.4. The highest BCUT2D eigenvalue weighted by molar-refractivity contribution is 5.97. The van der Waals surface area contributed by atoms with E-state index >= 15 is 0 Å². The van der Waals surface area contributed by atoms with Gasteiger partial charge in [0, 0.05) is 29.8 Å². The third-order valence-corrected chi connectivity index (χ3v) is 6.16. The van der Waals surface area contributed by atoms with Gasteiger partial charge in [0.1, 0.15) is 5.82 Å². The largest absolute Gasteiger partial charge is 0.326 e. The second-order valence-electron chi connectivity index (χ2n) is 9.22. The van der Waals surface area contributed by atoms with Gasteiger partial charge >= 0.3 is 0 Å². The van der Waals surface area contributed by atoms with Crippen LogP contribution >= 0.6 is 0 Å². The Hall–Kier alpha value is -2.98. The Labute approximate surface area is 190 Å². The summed E-state index contributed by atoms with van der Waals surface area (Å²) >= 11 is 0. The Morgan fingerprint density at radius 1 is 1.00 bits per heavy atom. The number of hydrogen-bond donors (Lipinski definition) is 1. The van der Waals surface area contributed by atoms with Crippen molar-refractivity contribution in [2.24, 2.45) is 17.6 Å². The molecular formula is C28H31FN2O. The zero-order valence-electron chi connectivity index (χ0n) is 18.7. The van der Waals surface area contributed by atoms with Gasteiger partial charge in [-0.25, -0.2) is 4.39 Å². The van der Waals surface area contributed by atoms with E-state index in [4.69, 9.17) is 5.73 Å². The molecule has 0 aliphatic heterocycles. The number of carbonyl (C=O) groups is 1. The molecule has 0 radical (unpaired) electrons. The van der Waals surface area contributed by atoms with E-state index in [1.807, 2.05) is 53.4 Å². The lowest BCUT2D eigenvalue weighted by Crippen LogP contribution is -2.42. The van der Waals surface area contributed by atoms with Crippen LogP contribution in [0.2, 0.25) is 0 Å². The van der Waals surface area contributed by atoms with E-state index in [-0.39, 0.29) is 29.6 Å². The van der Waals surface area contributed by atoms with Gasteiger partial charge < -0.3 is 10.6 Å². The Morgan fingerprint density at radius 3 is 2.31 bits per heavy atom. The van der Waals surface area contributed by atoms with Crippen LogP contribution in [0.3, 0.4) is 0 Å². The van der Waals surface area contributed by atoms with Crippen LogP contribution in [0.15, 0.2) is 78.9 Å². The molecule has 3 aromatic rings. The first-order chi connectivity index (χ1) is 15.4. The SMILES string of the molecule is CC(C)C[C@H](N)CN(C(=O)[C@@H]1C[C@H]1c1ccccc1)c1ccc(-c2ccccc2F)cc1. The van der Waals surface area contributed by atoms with E-state index in [1.54, 1.807) is 12.1 Å². The van der Waals surface area contributed by atoms with Crippen LogP contribution in [0.5, 0.6) is 0 Å². The first-order valence-corrected chi connectivity index (χ1v) is 11.4. The highest BCUT2D eigenvalue weighted by atomic mass is 19.1. The van der Waals surface area contributed by atoms with Crippen molar-refractivity contribution in [3.63, 3.8) is 0 Å². The molecule has 0 bridgehead atoms. The van der Waals surface area contributed by atoms with Gasteiger partial charge in [-0.3, -0.25) is 4.79 Å². The van der Waals surface area contributed by atoms with E-state index < -0.39 is 0 Å². The first kappa shape index (κ1) is 22.2. The standard InChI is InChI=1S/C28H31FN2O/c1-19(2)16-22(30)18-31(28(32)26-17-25(26)20-8-4-3-5-9-20)23-14-12-21(13-15-23)24-10-6-7-11-27(24)29/h3-15,19,22,25-26H,16-18,30H2,1-2H3/t22-,25-,26+/m0/s1. The molecule has 0 saturated heterocycles. The number of hydrogen-bond acceptors (Lipinski definition) is 2. The number of nitrogens with two attached hydrogens (primary N) is 1. The molecule has 166 valence electrons. The van der Waals surface area contributed by atoms with Crippen LogP contribution in [0.4, 0.5) is 10.1 Å². The van der Waals surface area contributed by atoms with Gasteiger partial charge in [0.15, 0.2) is 0 Å². The molecule has 1 saturated carbocycles. The highest BCUT2D eigenvalue weighted by Crippen LogP contribution is 2.48. The van der Waals surface area contributed by atoms with Crippen LogP contribution in [-0.2, 0) is 4.79 Å². The van der Waals surface area contributed by atoms with Crippen LogP contribution in [0.25, 0.3) is 11.1 Å². The second-order valence-corrected chi connectivity index (χ2v) is 9.22. The number of carbonyl (C=O) groups excluding carboxylic acids is 1. The number of amides is 1. The van der Waals surface area contributed by atoms with Gasteiger partial charge in [0.25, 0.3) is 0 Å². The highest BCUT2D eigenvalue weighted by Gasteiger charge is 2.46. The lowest BCUT2D eigenvalue weighted by molar-refractivity contribution is -0.120. The molecule has 0 heterocycles. The zero-order chi connectivity index (χ0) is 22.7.